The number of aliphatic imine (C=N–C) groups is 1. The predicted octanol–water partition coefficient (Wildman–Crippen LogP) is 1.90. The van der Waals surface area contributed by atoms with E-state index in [1.165, 1.54) is 12.8 Å². The third kappa shape index (κ3) is 3.15. The SMILES string of the molecule is C=C(C)[C@H](O)[C@H]1CC[C@H]2NC(=NCC3CC3)S[C@H]2O1. The highest BCUT2D eigenvalue weighted by Crippen LogP contribution is 2.36. The lowest BCUT2D eigenvalue weighted by atomic mass is 9.98. The molecule has 0 aromatic heterocycles. The van der Waals surface area contributed by atoms with Crippen LogP contribution in [0.25, 0.3) is 0 Å². The van der Waals surface area contributed by atoms with Crippen LogP contribution in [0.4, 0.5) is 0 Å². The zero-order valence-electron chi connectivity index (χ0n) is 11.3. The highest BCUT2D eigenvalue weighted by atomic mass is 32.2. The molecule has 0 amide bonds. The van der Waals surface area contributed by atoms with Gasteiger partial charge in [-0.05, 0) is 44.1 Å². The molecule has 0 spiro atoms. The summed E-state index contributed by atoms with van der Waals surface area (Å²) in [6.07, 6.45) is 3.90. The quantitative estimate of drug-likeness (QED) is 0.773. The molecule has 2 aliphatic heterocycles. The number of ether oxygens (including phenoxy) is 1. The summed E-state index contributed by atoms with van der Waals surface area (Å²) >= 11 is 1.67. The Morgan fingerprint density at radius 2 is 2.32 bits per heavy atom. The van der Waals surface area contributed by atoms with E-state index in [1.54, 1.807) is 11.8 Å². The number of hydrogen-bond acceptors (Lipinski definition) is 4. The van der Waals surface area contributed by atoms with Crippen molar-refractivity contribution in [3.8, 4) is 0 Å². The van der Waals surface area contributed by atoms with Crippen LogP contribution in [0.2, 0.25) is 0 Å². The fourth-order valence-electron chi connectivity index (χ4n) is 2.51. The molecule has 3 fully saturated rings. The number of nitrogens with zero attached hydrogens (tertiary/aromatic N) is 1. The van der Waals surface area contributed by atoms with Gasteiger partial charge in [0.25, 0.3) is 0 Å². The first-order chi connectivity index (χ1) is 9.13. The summed E-state index contributed by atoms with van der Waals surface area (Å²) in [6.45, 7) is 6.61. The van der Waals surface area contributed by atoms with E-state index in [0.29, 0.717) is 6.04 Å². The van der Waals surface area contributed by atoms with E-state index < -0.39 is 6.10 Å². The first-order valence-corrected chi connectivity index (χ1v) is 7.98. The molecule has 19 heavy (non-hydrogen) atoms. The van der Waals surface area contributed by atoms with Gasteiger partial charge < -0.3 is 15.2 Å². The summed E-state index contributed by atoms with van der Waals surface area (Å²) in [5.74, 6) is 0.816. The molecule has 2 saturated heterocycles. The highest BCUT2D eigenvalue weighted by Gasteiger charge is 2.40. The molecule has 5 heteroatoms. The van der Waals surface area contributed by atoms with Crippen molar-refractivity contribution in [3.05, 3.63) is 12.2 Å². The third-order valence-electron chi connectivity index (χ3n) is 3.98. The molecular weight excluding hydrogens is 260 g/mol. The van der Waals surface area contributed by atoms with Gasteiger partial charge >= 0.3 is 0 Å². The smallest absolute Gasteiger partial charge is 0.159 e. The molecule has 0 aromatic carbocycles. The van der Waals surface area contributed by atoms with Crippen molar-refractivity contribution in [1.29, 1.82) is 0 Å². The van der Waals surface area contributed by atoms with Crippen LogP contribution in [0.15, 0.2) is 17.1 Å². The number of amidine groups is 1. The number of aliphatic hydroxyl groups excluding tert-OH is 1. The lowest BCUT2D eigenvalue weighted by Crippen LogP contribution is -2.44. The molecule has 1 saturated carbocycles. The molecule has 2 heterocycles. The molecule has 106 valence electrons. The Morgan fingerprint density at radius 1 is 1.53 bits per heavy atom. The van der Waals surface area contributed by atoms with Gasteiger partial charge in [0.15, 0.2) is 5.17 Å². The molecule has 0 bridgehead atoms. The van der Waals surface area contributed by atoms with Crippen molar-refractivity contribution in [3.63, 3.8) is 0 Å². The fraction of sp³-hybridized carbons (Fsp3) is 0.786. The van der Waals surface area contributed by atoms with Gasteiger partial charge in [0.2, 0.25) is 0 Å². The third-order valence-corrected chi connectivity index (χ3v) is 5.13. The molecule has 4 atom stereocenters. The lowest BCUT2D eigenvalue weighted by molar-refractivity contribution is -0.0693. The standard InChI is InChI=1S/C14H22N2O2S/c1-8(2)12(17)11-6-5-10-13(18-11)19-14(16-10)15-7-9-3-4-9/h9-13,17H,1,3-7H2,2H3,(H,15,16)/t10-,11-,12+,13-/m1/s1. The van der Waals surface area contributed by atoms with Crippen molar-refractivity contribution < 1.29 is 9.84 Å². The largest absolute Gasteiger partial charge is 0.386 e. The summed E-state index contributed by atoms with van der Waals surface area (Å²) in [4.78, 5) is 4.62. The minimum Gasteiger partial charge on any atom is -0.386 e. The van der Waals surface area contributed by atoms with Crippen molar-refractivity contribution >= 4 is 16.9 Å². The van der Waals surface area contributed by atoms with E-state index >= 15 is 0 Å². The summed E-state index contributed by atoms with van der Waals surface area (Å²) < 4.78 is 5.99. The number of thioether (sulfide) groups is 1. The Bertz CT molecular complexity index is 395. The van der Waals surface area contributed by atoms with Crippen LogP contribution >= 0.6 is 11.8 Å². The summed E-state index contributed by atoms with van der Waals surface area (Å²) in [6, 6.07) is 0.344. The number of aliphatic hydroxyl groups is 1. The lowest BCUT2D eigenvalue weighted by Gasteiger charge is -2.33. The molecule has 4 nitrogen and oxygen atoms in total. The molecule has 0 radical (unpaired) electrons. The van der Waals surface area contributed by atoms with Crippen LogP contribution < -0.4 is 5.32 Å². The zero-order valence-corrected chi connectivity index (χ0v) is 12.2. The maximum Gasteiger partial charge on any atom is 0.159 e. The molecule has 0 unspecified atom stereocenters. The van der Waals surface area contributed by atoms with E-state index in [2.05, 4.69) is 16.9 Å². The van der Waals surface area contributed by atoms with Gasteiger partial charge in [-0.25, -0.2) is 0 Å². The van der Waals surface area contributed by atoms with Crippen LogP contribution in [0.1, 0.15) is 32.6 Å². The predicted molar refractivity (Wildman–Crippen MR) is 78.3 cm³/mol. The fourth-order valence-corrected chi connectivity index (χ4v) is 3.67. The average molecular weight is 282 g/mol. The second kappa shape index (κ2) is 5.46. The van der Waals surface area contributed by atoms with Crippen molar-refractivity contribution in [2.24, 2.45) is 10.9 Å². The summed E-state index contributed by atoms with van der Waals surface area (Å²) in [5, 5.41) is 14.5. The topological polar surface area (TPSA) is 53.8 Å². The number of nitrogens with one attached hydrogen (secondary N) is 1. The van der Waals surface area contributed by atoms with Gasteiger partial charge in [-0.2, -0.15) is 0 Å². The van der Waals surface area contributed by atoms with E-state index in [9.17, 15) is 5.11 Å². The van der Waals surface area contributed by atoms with E-state index in [0.717, 1.165) is 36.0 Å². The summed E-state index contributed by atoms with van der Waals surface area (Å²) in [7, 11) is 0. The van der Waals surface area contributed by atoms with Crippen LogP contribution in [0.5, 0.6) is 0 Å². The maximum absolute atomic E-state index is 10.0. The monoisotopic (exact) mass is 282 g/mol. The Balaban J connectivity index is 1.56. The average Bonchev–Trinajstić information content (AvgIpc) is 3.13. The molecule has 0 aromatic rings. The Labute approximate surface area is 118 Å². The normalized spacial score (nSPS) is 37.8. The molecule has 1 aliphatic carbocycles. The Morgan fingerprint density at radius 3 is 3.00 bits per heavy atom. The van der Waals surface area contributed by atoms with E-state index in [-0.39, 0.29) is 11.5 Å². The first-order valence-electron chi connectivity index (χ1n) is 7.10. The number of fused-ring (bicyclic) bond motifs is 1. The van der Waals surface area contributed by atoms with E-state index in [1.807, 2.05) is 6.92 Å². The van der Waals surface area contributed by atoms with Crippen LogP contribution in [-0.2, 0) is 4.74 Å². The Hall–Kier alpha value is -0.520. The number of rotatable bonds is 4. The zero-order chi connectivity index (χ0) is 13.4. The van der Waals surface area contributed by atoms with Crippen LogP contribution in [0.3, 0.4) is 0 Å². The summed E-state index contributed by atoms with van der Waals surface area (Å²) in [5.41, 5.74) is 0.868. The molecule has 2 N–H and O–H groups in total. The molecule has 3 rings (SSSR count). The molecular formula is C14H22N2O2S. The second-order valence-corrected chi connectivity index (χ2v) is 6.96. The van der Waals surface area contributed by atoms with Crippen LogP contribution in [0, 0.1) is 5.92 Å². The minimum atomic E-state index is -0.547. The van der Waals surface area contributed by atoms with Crippen molar-refractivity contribution in [2.45, 2.75) is 56.3 Å². The van der Waals surface area contributed by atoms with E-state index in [4.69, 9.17) is 4.74 Å². The van der Waals surface area contributed by atoms with Crippen LogP contribution in [-0.4, -0.2) is 40.5 Å². The van der Waals surface area contributed by atoms with Gasteiger partial charge in [-0.15, -0.1) is 0 Å². The van der Waals surface area contributed by atoms with Gasteiger partial charge in [0.1, 0.15) is 11.5 Å². The van der Waals surface area contributed by atoms with Gasteiger partial charge in [0, 0.05) is 6.54 Å². The van der Waals surface area contributed by atoms with Gasteiger partial charge in [0.05, 0.1) is 12.1 Å². The molecule has 3 aliphatic rings. The number of hydrogen-bond donors (Lipinski definition) is 2. The first kappa shape index (κ1) is 13.5. The van der Waals surface area contributed by atoms with Crippen molar-refractivity contribution in [1.82, 2.24) is 5.32 Å². The highest BCUT2D eigenvalue weighted by molar-refractivity contribution is 8.14. The van der Waals surface area contributed by atoms with Crippen molar-refractivity contribution in [2.75, 3.05) is 6.54 Å². The maximum atomic E-state index is 10.0. The van der Waals surface area contributed by atoms with Gasteiger partial charge in [-0.1, -0.05) is 18.3 Å². The minimum absolute atomic E-state index is 0.0886. The second-order valence-electron chi connectivity index (χ2n) is 5.87. The van der Waals surface area contributed by atoms with Gasteiger partial charge in [-0.3, -0.25) is 4.99 Å². The Kier molecular flexibility index (Phi) is 3.87.